The van der Waals surface area contributed by atoms with E-state index in [1.54, 1.807) is 25.1 Å². The fraction of sp³-hybridized carbons (Fsp3) is 0.217. The normalized spacial score (nSPS) is 11.1. The summed E-state index contributed by atoms with van der Waals surface area (Å²) in [6.45, 7) is 1.86. The van der Waals surface area contributed by atoms with Crippen LogP contribution in [0.5, 0.6) is 5.75 Å². The Morgan fingerprint density at radius 3 is 2.29 bits per heavy atom. The third-order valence-corrected chi connectivity index (χ3v) is 4.63. The zero-order chi connectivity index (χ0) is 22.6. The molecule has 5 nitrogen and oxygen atoms in total. The average Bonchev–Trinajstić information content (AvgIpc) is 3.06. The second-order valence-corrected chi connectivity index (χ2v) is 6.63. The van der Waals surface area contributed by atoms with Crippen LogP contribution in [0.4, 0.5) is 13.2 Å². The molecule has 2 aromatic carbocycles. The van der Waals surface area contributed by atoms with E-state index < -0.39 is 23.4 Å². The second kappa shape index (κ2) is 8.96. The standard InChI is InChI=1S/C23H19F3N2O3/c1-3-30-22(29)20-19(18(13-27)21(28(20)2)23(24,25)26)16-9-11-17(12-10-16)31-14-15-7-5-4-6-8-15/h4-12H,3,14H2,1-2H3. The molecular weight excluding hydrogens is 409 g/mol. The van der Waals surface area contributed by atoms with E-state index in [2.05, 4.69) is 0 Å². The highest BCUT2D eigenvalue weighted by Crippen LogP contribution is 2.41. The fourth-order valence-corrected chi connectivity index (χ4v) is 3.30. The molecule has 0 aliphatic carbocycles. The molecule has 1 aromatic heterocycles. The van der Waals surface area contributed by atoms with Gasteiger partial charge in [-0.3, -0.25) is 0 Å². The van der Waals surface area contributed by atoms with Crippen molar-refractivity contribution >= 4 is 5.97 Å². The van der Waals surface area contributed by atoms with Gasteiger partial charge in [0.25, 0.3) is 0 Å². The number of aromatic nitrogens is 1. The minimum Gasteiger partial charge on any atom is -0.489 e. The largest absolute Gasteiger partial charge is 0.489 e. The molecule has 0 spiro atoms. The predicted molar refractivity (Wildman–Crippen MR) is 107 cm³/mol. The molecule has 0 atom stereocenters. The van der Waals surface area contributed by atoms with Crippen molar-refractivity contribution in [1.29, 1.82) is 5.26 Å². The zero-order valence-electron chi connectivity index (χ0n) is 16.9. The van der Waals surface area contributed by atoms with E-state index in [0.717, 1.165) is 12.6 Å². The van der Waals surface area contributed by atoms with Gasteiger partial charge in [0.15, 0.2) is 0 Å². The minimum absolute atomic E-state index is 0.0149. The van der Waals surface area contributed by atoms with E-state index in [9.17, 15) is 23.2 Å². The highest BCUT2D eigenvalue weighted by molar-refractivity contribution is 5.98. The van der Waals surface area contributed by atoms with Gasteiger partial charge in [0, 0.05) is 12.6 Å². The Morgan fingerprint density at radius 2 is 1.74 bits per heavy atom. The first-order valence-corrected chi connectivity index (χ1v) is 9.42. The van der Waals surface area contributed by atoms with Crippen molar-refractivity contribution < 1.29 is 27.4 Å². The number of hydrogen-bond donors (Lipinski definition) is 0. The van der Waals surface area contributed by atoms with Crippen molar-refractivity contribution in [2.24, 2.45) is 7.05 Å². The van der Waals surface area contributed by atoms with Gasteiger partial charge in [-0.2, -0.15) is 18.4 Å². The van der Waals surface area contributed by atoms with Gasteiger partial charge in [-0.1, -0.05) is 42.5 Å². The summed E-state index contributed by atoms with van der Waals surface area (Å²) in [4.78, 5) is 12.4. The number of halogens is 3. The van der Waals surface area contributed by atoms with Crippen LogP contribution >= 0.6 is 0 Å². The van der Waals surface area contributed by atoms with Crippen LogP contribution in [-0.4, -0.2) is 17.1 Å². The van der Waals surface area contributed by atoms with E-state index in [1.807, 2.05) is 30.3 Å². The highest BCUT2D eigenvalue weighted by Gasteiger charge is 2.42. The number of benzene rings is 2. The molecule has 0 aliphatic heterocycles. The van der Waals surface area contributed by atoms with Gasteiger partial charge in [-0.15, -0.1) is 0 Å². The number of rotatable bonds is 6. The Balaban J connectivity index is 2.03. The molecule has 3 rings (SSSR count). The lowest BCUT2D eigenvalue weighted by Crippen LogP contribution is -2.17. The van der Waals surface area contributed by atoms with Gasteiger partial charge < -0.3 is 14.0 Å². The fourth-order valence-electron chi connectivity index (χ4n) is 3.30. The quantitative estimate of drug-likeness (QED) is 0.497. The lowest BCUT2D eigenvalue weighted by molar-refractivity contribution is -0.143. The van der Waals surface area contributed by atoms with E-state index in [0.29, 0.717) is 16.9 Å². The van der Waals surface area contributed by atoms with E-state index >= 15 is 0 Å². The Hall–Kier alpha value is -3.73. The molecule has 0 amide bonds. The summed E-state index contributed by atoms with van der Waals surface area (Å²) in [6.07, 6.45) is -4.82. The molecule has 0 radical (unpaired) electrons. The zero-order valence-corrected chi connectivity index (χ0v) is 16.9. The number of carbonyl (C=O) groups excluding carboxylic acids is 1. The SMILES string of the molecule is CCOC(=O)c1c(-c2ccc(OCc3ccccc3)cc2)c(C#N)c(C(F)(F)F)n1C. The molecule has 0 saturated heterocycles. The highest BCUT2D eigenvalue weighted by atomic mass is 19.4. The summed E-state index contributed by atoms with van der Waals surface area (Å²) in [5.74, 6) is -0.438. The van der Waals surface area contributed by atoms with Gasteiger partial charge in [-0.05, 0) is 30.2 Å². The third-order valence-electron chi connectivity index (χ3n) is 4.63. The molecule has 8 heteroatoms. The van der Waals surface area contributed by atoms with Crippen LogP contribution in [-0.2, 0) is 24.6 Å². The van der Waals surface area contributed by atoms with Gasteiger partial charge in [0.1, 0.15) is 29.8 Å². The Kier molecular flexibility index (Phi) is 6.35. The summed E-state index contributed by atoms with van der Waals surface area (Å²) in [5.41, 5.74) is -1.04. The van der Waals surface area contributed by atoms with Gasteiger partial charge in [0.2, 0.25) is 0 Å². The number of ether oxygens (including phenoxy) is 2. The number of carbonyl (C=O) groups is 1. The maximum Gasteiger partial charge on any atom is 0.432 e. The average molecular weight is 428 g/mol. The molecule has 0 saturated carbocycles. The van der Waals surface area contributed by atoms with Crippen LogP contribution in [0.15, 0.2) is 54.6 Å². The summed E-state index contributed by atoms with van der Waals surface area (Å²) in [5, 5.41) is 9.50. The van der Waals surface area contributed by atoms with Crippen molar-refractivity contribution in [3.8, 4) is 22.9 Å². The molecule has 0 aliphatic rings. The topological polar surface area (TPSA) is 64.2 Å². The number of nitriles is 1. The lowest BCUT2D eigenvalue weighted by Gasteiger charge is -2.10. The molecular formula is C23H19F3N2O3. The Bertz CT molecular complexity index is 1110. The summed E-state index contributed by atoms with van der Waals surface area (Å²) in [7, 11) is 1.09. The van der Waals surface area contributed by atoms with Gasteiger partial charge in [0.05, 0.1) is 12.2 Å². The lowest BCUT2D eigenvalue weighted by atomic mass is 10.00. The molecule has 3 aromatic rings. The van der Waals surface area contributed by atoms with Crippen molar-refractivity contribution in [3.63, 3.8) is 0 Å². The van der Waals surface area contributed by atoms with Crippen LogP contribution < -0.4 is 4.74 Å². The second-order valence-electron chi connectivity index (χ2n) is 6.63. The van der Waals surface area contributed by atoms with Crippen LogP contribution in [0.25, 0.3) is 11.1 Å². The van der Waals surface area contributed by atoms with Crippen LogP contribution in [0.3, 0.4) is 0 Å². The van der Waals surface area contributed by atoms with Crippen molar-refractivity contribution in [2.45, 2.75) is 19.7 Å². The number of alkyl halides is 3. The molecule has 160 valence electrons. The van der Waals surface area contributed by atoms with E-state index in [1.165, 1.54) is 12.1 Å². The van der Waals surface area contributed by atoms with Crippen LogP contribution in [0.2, 0.25) is 0 Å². The molecule has 31 heavy (non-hydrogen) atoms. The first-order valence-electron chi connectivity index (χ1n) is 9.42. The Morgan fingerprint density at radius 1 is 1.10 bits per heavy atom. The van der Waals surface area contributed by atoms with E-state index in [4.69, 9.17) is 9.47 Å². The maximum atomic E-state index is 13.6. The number of nitrogens with zero attached hydrogens (tertiary/aromatic N) is 2. The van der Waals surface area contributed by atoms with Gasteiger partial charge in [-0.25, -0.2) is 4.79 Å². The summed E-state index contributed by atoms with van der Waals surface area (Å²) >= 11 is 0. The van der Waals surface area contributed by atoms with Gasteiger partial charge >= 0.3 is 12.1 Å². The predicted octanol–water partition coefficient (Wildman–Crippen LogP) is 5.34. The Labute approximate surface area is 177 Å². The first-order chi connectivity index (χ1) is 14.8. The molecule has 0 N–H and O–H groups in total. The monoisotopic (exact) mass is 428 g/mol. The third kappa shape index (κ3) is 4.56. The minimum atomic E-state index is -4.82. The van der Waals surface area contributed by atoms with E-state index in [-0.39, 0.29) is 23.4 Å². The molecule has 0 fully saturated rings. The molecule has 1 heterocycles. The van der Waals surface area contributed by atoms with Crippen molar-refractivity contribution in [2.75, 3.05) is 6.61 Å². The smallest absolute Gasteiger partial charge is 0.432 e. The summed E-state index contributed by atoms with van der Waals surface area (Å²) < 4.78 is 52.2. The van der Waals surface area contributed by atoms with Crippen LogP contribution in [0.1, 0.15) is 34.2 Å². The molecule has 0 bridgehead atoms. The number of esters is 1. The first kappa shape index (κ1) is 22.0. The van der Waals surface area contributed by atoms with Crippen molar-refractivity contribution in [3.05, 3.63) is 77.1 Å². The summed E-state index contributed by atoms with van der Waals surface area (Å²) in [6, 6.07) is 17.3. The van der Waals surface area contributed by atoms with Crippen molar-refractivity contribution in [1.82, 2.24) is 4.57 Å². The van der Waals surface area contributed by atoms with Crippen LogP contribution in [0, 0.1) is 11.3 Å². The molecule has 0 unspecified atom stereocenters. The maximum absolute atomic E-state index is 13.6. The number of hydrogen-bond acceptors (Lipinski definition) is 4.